The van der Waals surface area contributed by atoms with Gasteiger partial charge in [-0.05, 0) is 75.2 Å². The van der Waals surface area contributed by atoms with Gasteiger partial charge in [-0.1, -0.05) is 60.5 Å². The maximum atomic E-state index is 14.1. The van der Waals surface area contributed by atoms with Crippen LogP contribution in [0.1, 0.15) is 39.7 Å². The number of halogens is 2. The molecule has 0 saturated carbocycles. The lowest BCUT2D eigenvalue weighted by atomic mass is 10.1. The van der Waals surface area contributed by atoms with Crippen LogP contribution >= 0.6 is 23.2 Å². The summed E-state index contributed by atoms with van der Waals surface area (Å²) in [6.07, 6.45) is 0.707. The lowest BCUT2D eigenvalue weighted by molar-refractivity contribution is -0.139. The molecule has 220 valence electrons. The standard InChI is InChI=1S/C30H35Cl2N3O5S/c1-5-21(3)33-30(37)22(4)34(19-23-11-7-8-12-26(23)32)29(36)20-35(27-13-9-10-14-28(27)40-6-2)41(38,39)25-17-15-24(31)16-18-25/h7-18,21-22H,5-6,19-20H2,1-4H3,(H,33,37)/t21-,22-/m1/s1. The number of sulfonamides is 1. The predicted molar refractivity (Wildman–Crippen MR) is 163 cm³/mol. The minimum atomic E-state index is -4.27. The number of carbonyl (C=O) groups is 2. The Balaban J connectivity index is 2.09. The van der Waals surface area contributed by atoms with E-state index in [0.717, 1.165) is 4.31 Å². The number of hydrogen-bond donors (Lipinski definition) is 1. The number of anilines is 1. The Hall–Kier alpha value is -3.27. The van der Waals surface area contributed by atoms with E-state index in [1.165, 1.54) is 29.2 Å². The zero-order valence-electron chi connectivity index (χ0n) is 23.5. The van der Waals surface area contributed by atoms with Crippen LogP contribution in [0.2, 0.25) is 10.0 Å². The predicted octanol–water partition coefficient (Wildman–Crippen LogP) is 5.92. The Labute approximate surface area is 252 Å². The Bertz CT molecular complexity index is 1450. The molecule has 3 rings (SSSR count). The van der Waals surface area contributed by atoms with Gasteiger partial charge in [0.1, 0.15) is 18.3 Å². The van der Waals surface area contributed by atoms with E-state index in [0.29, 0.717) is 27.8 Å². The number of para-hydroxylation sites is 2. The third-order valence-electron chi connectivity index (χ3n) is 6.58. The molecular weight excluding hydrogens is 585 g/mol. The van der Waals surface area contributed by atoms with E-state index in [9.17, 15) is 18.0 Å². The number of benzene rings is 3. The molecule has 2 amide bonds. The number of ether oxygens (including phenoxy) is 1. The first-order valence-electron chi connectivity index (χ1n) is 13.3. The van der Waals surface area contributed by atoms with Gasteiger partial charge in [0.2, 0.25) is 11.8 Å². The zero-order valence-corrected chi connectivity index (χ0v) is 25.8. The summed E-state index contributed by atoms with van der Waals surface area (Å²) in [5.41, 5.74) is 0.805. The number of carbonyl (C=O) groups excluding carboxylic acids is 2. The monoisotopic (exact) mass is 619 g/mol. The van der Waals surface area contributed by atoms with Gasteiger partial charge in [0.05, 0.1) is 17.2 Å². The summed E-state index contributed by atoms with van der Waals surface area (Å²) in [4.78, 5) is 28.5. The Morgan fingerprint density at radius 2 is 1.56 bits per heavy atom. The Morgan fingerprint density at radius 3 is 2.20 bits per heavy atom. The molecule has 3 aromatic carbocycles. The number of hydrogen-bond acceptors (Lipinski definition) is 5. The average Bonchev–Trinajstić information content (AvgIpc) is 2.95. The van der Waals surface area contributed by atoms with Crippen molar-refractivity contribution in [2.24, 2.45) is 0 Å². The largest absolute Gasteiger partial charge is 0.492 e. The fraction of sp³-hybridized carbons (Fsp3) is 0.333. The average molecular weight is 621 g/mol. The molecule has 41 heavy (non-hydrogen) atoms. The number of nitrogens with one attached hydrogen (secondary N) is 1. The molecule has 0 fully saturated rings. The van der Waals surface area contributed by atoms with Crippen molar-refractivity contribution in [1.82, 2.24) is 10.2 Å². The van der Waals surface area contributed by atoms with E-state index in [-0.39, 0.29) is 35.7 Å². The molecule has 11 heteroatoms. The molecule has 0 bridgehead atoms. The lowest BCUT2D eigenvalue weighted by Crippen LogP contribution is -2.52. The van der Waals surface area contributed by atoms with Crippen molar-refractivity contribution in [1.29, 1.82) is 0 Å². The summed E-state index contributed by atoms with van der Waals surface area (Å²) in [6.45, 7) is 6.89. The number of rotatable bonds is 13. The SMILES string of the molecule is CCOc1ccccc1N(CC(=O)N(Cc1ccccc1Cl)[C@H](C)C(=O)N[C@H](C)CC)S(=O)(=O)c1ccc(Cl)cc1. The second-order valence-electron chi connectivity index (χ2n) is 9.47. The van der Waals surface area contributed by atoms with Crippen molar-refractivity contribution in [2.45, 2.75) is 57.6 Å². The summed E-state index contributed by atoms with van der Waals surface area (Å²) in [5, 5.41) is 3.70. The Kier molecular flexibility index (Phi) is 11.5. The maximum absolute atomic E-state index is 14.1. The Morgan fingerprint density at radius 1 is 0.927 bits per heavy atom. The van der Waals surface area contributed by atoms with Crippen molar-refractivity contribution in [2.75, 3.05) is 17.5 Å². The van der Waals surface area contributed by atoms with Crippen LogP contribution in [0.3, 0.4) is 0 Å². The van der Waals surface area contributed by atoms with Gasteiger partial charge in [-0.2, -0.15) is 0 Å². The second kappa shape index (κ2) is 14.6. The molecule has 0 saturated heterocycles. The third-order valence-corrected chi connectivity index (χ3v) is 8.98. The van der Waals surface area contributed by atoms with Crippen LogP contribution in [0.25, 0.3) is 0 Å². The maximum Gasteiger partial charge on any atom is 0.264 e. The summed E-state index contributed by atoms with van der Waals surface area (Å²) < 4.78 is 34.8. The van der Waals surface area contributed by atoms with Gasteiger partial charge in [-0.3, -0.25) is 13.9 Å². The first kappa shape index (κ1) is 32.2. The fourth-order valence-corrected chi connectivity index (χ4v) is 5.79. The first-order chi connectivity index (χ1) is 19.5. The summed E-state index contributed by atoms with van der Waals surface area (Å²) in [5.74, 6) is -0.664. The van der Waals surface area contributed by atoms with Gasteiger partial charge in [0.25, 0.3) is 10.0 Å². The van der Waals surface area contributed by atoms with E-state index in [1.807, 2.05) is 13.8 Å². The molecule has 1 N–H and O–H groups in total. The van der Waals surface area contributed by atoms with E-state index in [4.69, 9.17) is 27.9 Å². The van der Waals surface area contributed by atoms with Crippen LogP contribution < -0.4 is 14.4 Å². The molecule has 0 aliphatic rings. The van der Waals surface area contributed by atoms with E-state index in [2.05, 4.69) is 5.32 Å². The van der Waals surface area contributed by atoms with E-state index in [1.54, 1.807) is 62.4 Å². The molecule has 0 spiro atoms. The van der Waals surface area contributed by atoms with E-state index >= 15 is 0 Å². The highest BCUT2D eigenvalue weighted by Crippen LogP contribution is 2.33. The van der Waals surface area contributed by atoms with Crippen LogP contribution in [0.5, 0.6) is 5.75 Å². The molecule has 0 radical (unpaired) electrons. The summed E-state index contributed by atoms with van der Waals surface area (Å²) in [7, 11) is -4.27. The zero-order chi connectivity index (χ0) is 30.2. The molecule has 0 aromatic heterocycles. The van der Waals surface area contributed by atoms with Gasteiger partial charge >= 0.3 is 0 Å². The van der Waals surface area contributed by atoms with Crippen molar-refractivity contribution >= 4 is 50.7 Å². The minimum absolute atomic E-state index is 0.00443. The van der Waals surface area contributed by atoms with Gasteiger partial charge in [0.15, 0.2) is 0 Å². The topological polar surface area (TPSA) is 96.0 Å². The quantitative estimate of drug-likeness (QED) is 0.256. The normalized spacial score (nSPS) is 12.7. The molecule has 0 heterocycles. The van der Waals surface area contributed by atoms with E-state index < -0.39 is 28.5 Å². The van der Waals surface area contributed by atoms with Crippen LogP contribution in [0.4, 0.5) is 5.69 Å². The van der Waals surface area contributed by atoms with Crippen molar-refractivity contribution in [3.05, 3.63) is 88.4 Å². The first-order valence-corrected chi connectivity index (χ1v) is 15.5. The van der Waals surface area contributed by atoms with Crippen LogP contribution in [0, 0.1) is 0 Å². The highest BCUT2D eigenvalue weighted by atomic mass is 35.5. The van der Waals surface area contributed by atoms with Crippen molar-refractivity contribution in [3.8, 4) is 5.75 Å². The fourth-order valence-electron chi connectivity index (χ4n) is 4.05. The molecule has 0 unspecified atom stereocenters. The molecule has 0 aliphatic carbocycles. The minimum Gasteiger partial charge on any atom is -0.492 e. The lowest BCUT2D eigenvalue weighted by Gasteiger charge is -2.33. The molecule has 8 nitrogen and oxygen atoms in total. The van der Waals surface area contributed by atoms with Gasteiger partial charge in [0, 0.05) is 22.6 Å². The smallest absolute Gasteiger partial charge is 0.264 e. The molecule has 3 aromatic rings. The molecule has 0 aliphatic heterocycles. The number of amides is 2. The highest BCUT2D eigenvalue weighted by molar-refractivity contribution is 7.92. The third kappa shape index (κ3) is 8.15. The number of nitrogens with zero attached hydrogens (tertiary/aromatic N) is 2. The molecule has 2 atom stereocenters. The van der Waals surface area contributed by atoms with Crippen LogP contribution in [0.15, 0.2) is 77.7 Å². The van der Waals surface area contributed by atoms with Gasteiger partial charge in [-0.25, -0.2) is 8.42 Å². The molecular formula is C30H35Cl2N3O5S. The van der Waals surface area contributed by atoms with Crippen molar-refractivity contribution < 1.29 is 22.7 Å². The van der Waals surface area contributed by atoms with Crippen LogP contribution in [-0.2, 0) is 26.2 Å². The van der Waals surface area contributed by atoms with Crippen molar-refractivity contribution in [3.63, 3.8) is 0 Å². The van der Waals surface area contributed by atoms with Gasteiger partial charge in [-0.15, -0.1) is 0 Å². The highest BCUT2D eigenvalue weighted by Gasteiger charge is 2.34. The van der Waals surface area contributed by atoms with Crippen LogP contribution in [-0.4, -0.2) is 50.4 Å². The summed E-state index contributed by atoms with van der Waals surface area (Å²) in [6, 6.07) is 18.2. The summed E-state index contributed by atoms with van der Waals surface area (Å²) >= 11 is 12.4. The van der Waals surface area contributed by atoms with Gasteiger partial charge < -0.3 is 15.0 Å². The second-order valence-corrected chi connectivity index (χ2v) is 12.2.